The molecule has 0 aliphatic rings. The highest BCUT2D eigenvalue weighted by Gasteiger charge is 2.07. The molecule has 0 spiro atoms. The predicted octanol–water partition coefficient (Wildman–Crippen LogP) is 2.57. The molecule has 0 fully saturated rings. The average Bonchev–Trinajstić information content (AvgIpc) is 2.36. The first-order valence-electron chi connectivity index (χ1n) is 5.71. The molecule has 2 aromatic rings. The Balaban J connectivity index is 2.13. The number of rotatable bonds is 4. The number of hydrogen-bond acceptors (Lipinski definition) is 3. The maximum atomic E-state index is 13.5. The molecule has 0 unspecified atom stereocenters. The SMILES string of the molecule is Cc1cncc(COc2cccc(F)c2CN)c1. The van der Waals surface area contributed by atoms with Crippen LogP contribution >= 0.6 is 0 Å². The number of hydrogen-bond donors (Lipinski definition) is 1. The van der Waals surface area contributed by atoms with E-state index in [4.69, 9.17) is 10.5 Å². The topological polar surface area (TPSA) is 48.1 Å². The molecule has 0 amide bonds. The second-order valence-corrected chi connectivity index (χ2v) is 4.08. The van der Waals surface area contributed by atoms with Gasteiger partial charge in [-0.25, -0.2) is 4.39 Å². The standard InChI is InChI=1S/C14H15FN2O/c1-10-5-11(8-17-7-10)9-18-14-4-2-3-13(15)12(14)6-16/h2-5,7-8H,6,9,16H2,1H3. The first-order valence-corrected chi connectivity index (χ1v) is 5.71. The van der Waals surface area contributed by atoms with Crippen molar-refractivity contribution in [3.05, 3.63) is 59.2 Å². The molecule has 2 rings (SSSR count). The van der Waals surface area contributed by atoms with Crippen LogP contribution in [0.1, 0.15) is 16.7 Å². The van der Waals surface area contributed by atoms with Crippen molar-refractivity contribution in [2.24, 2.45) is 5.73 Å². The van der Waals surface area contributed by atoms with E-state index in [-0.39, 0.29) is 12.4 Å². The molecule has 0 atom stereocenters. The fourth-order valence-electron chi connectivity index (χ4n) is 1.73. The molecular weight excluding hydrogens is 231 g/mol. The number of benzene rings is 1. The lowest BCUT2D eigenvalue weighted by Crippen LogP contribution is -2.05. The van der Waals surface area contributed by atoms with Gasteiger partial charge < -0.3 is 10.5 Å². The van der Waals surface area contributed by atoms with Crippen molar-refractivity contribution in [2.75, 3.05) is 0 Å². The highest BCUT2D eigenvalue weighted by Crippen LogP contribution is 2.21. The predicted molar refractivity (Wildman–Crippen MR) is 67.6 cm³/mol. The van der Waals surface area contributed by atoms with Crippen LogP contribution in [-0.4, -0.2) is 4.98 Å². The van der Waals surface area contributed by atoms with Crippen molar-refractivity contribution < 1.29 is 9.13 Å². The van der Waals surface area contributed by atoms with Crippen LogP contribution in [0, 0.1) is 12.7 Å². The van der Waals surface area contributed by atoms with Crippen LogP contribution in [0.5, 0.6) is 5.75 Å². The highest BCUT2D eigenvalue weighted by molar-refractivity contribution is 5.34. The molecule has 1 aromatic carbocycles. The Labute approximate surface area is 105 Å². The third-order valence-corrected chi connectivity index (χ3v) is 2.61. The van der Waals surface area contributed by atoms with Gasteiger partial charge in [0, 0.05) is 30.1 Å². The van der Waals surface area contributed by atoms with Gasteiger partial charge in [0.2, 0.25) is 0 Å². The van der Waals surface area contributed by atoms with E-state index < -0.39 is 0 Å². The Kier molecular flexibility index (Phi) is 3.89. The zero-order valence-electron chi connectivity index (χ0n) is 10.2. The number of halogens is 1. The minimum absolute atomic E-state index is 0.119. The number of pyridine rings is 1. The summed E-state index contributed by atoms with van der Waals surface area (Å²) in [5, 5.41) is 0. The molecule has 0 aliphatic carbocycles. The summed E-state index contributed by atoms with van der Waals surface area (Å²) >= 11 is 0. The second kappa shape index (κ2) is 5.60. The second-order valence-electron chi connectivity index (χ2n) is 4.08. The number of aromatic nitrogens is 1. The number of ether oxygens (including phenoxy) is 1. The lowest BCUT2D eigenvalue weighted by molar-refractivity contribution is 0.300. The average molecular weight is 246 g/mol. The lowest BCUT2D eigenvalue weighted by Gasteiger charge is -2.11. The molecule has 0 bridgehead atoms. The Hall–Kier alpha value is -1.94. The van der Waals surface area contributed by atoms with Crippen LogP contribution < -0.4 is 10.5 Å². The summed E-state index contributed by atoms with van der Waals surface area (Å²) in [5.74, 6) is 0.149. The van der Waals surface area contributed by atoms with Crippen LogP contribution in [0.25, 0.3) is 0 Å². The fraction of sp³-hybridized carbons (Fsp3) is 0.214. The lowest BCUT2D eigenvalue weighted by atomic mass is 10.2. The van der Waals surface area contributed by atoms with E-state index in [9.17, 15) is 4.39 Å². The van der Waals surface area contributed by atoms with Gasteiger partial charge in [-0.2, -0.15) is 0 Å². The maximum absolute atomic E-state index is 13.5. The van der Waals surface area contributed by atoms with Gasteiger partial charge in [0.15, 0.2) is 0 Å². The molecular formula is C14H15FN2O. The van der Waals surface area contributed by atoms with Crippen LogP contribution in [0.3, 0.4) is 0 Å². The minimum Gasteiger partial charge on any atom is -0.488 e. The molecule has 1 aromatic heterocycles. The number of aryl methyl sites for hydroxylation is 1. The van der Waals surface area contributed by atoms with Crippen LogP contribution in [-0.2, 0) is 13.2 Å². The zero-order valence-corrected chi connectivity index (χ0v) is 10.2. The molecule has 4 heteroatoms. The molecule has 3 nitrogen and oxygen atoms in total. The largest absolute Gasteiger partial charge is 0.488 e. The van der Waals surface area contributed by atoms with Gasteiger partial charge in [-0.15, -0.1) is 0 Å². The van der Waals surface area contributed by atoms with E-state index in [1.165, 1.54) is 6.07 Å². The van der Waals surface area contributed by atoms with Gasteiger partial charge in [0.25, 0.3) is 0 Å². The van der Waals surface area contributed by atoms with Gasteiger partial charge in [-0.3, -0.25) is 4.98 Å². The number of nitrogens with two attached hydrogens (primary N) is 1. The summed E-state index contributed by atoms with van der Waals surface area (Å²) in [6.45, 7) is 2.43. The molecule has 18 heavy (non-hydrogen) atoms. The van der Waals surface area contributed by atoms with Gasteiger partial charge in [0.1, 0.15) is 18.2 Å². The fourth-order valence-corrected chi connectivity index (χ4v) is 1.73. The minimum atomic E-state index is -0.336. The molecule has 0 aliphatic heterocycles. The molecule has 1 heterocycles. The Morgan fingerprint density at radius 2 is 2.17 bits per heavy atom. The maximum Gasteiger partial charge on any atom is 0.131 e. The van der Waals surface area contributed by atoms with Crippen LogP contribution in [0.4, 0.5) is 4.39 Å². The van der Waals surface area contributed by atoms with Gasteiger partial charge in [-0.1, -0.05) is 6.07 Å². The summed E-state index contributed by atoms with van der Waals surface area (Å²) in [6, 6.07) is 6.69. The first-order chi connectivity index (χ1) is 8.70. The van der Waals surface area contributed by atoms with Crippen molar-refractivity contribution in [1.82, 2.24) is 4.98 Å². The van der Waals surface area contributed by atoms with Gasteiger partial charge in [-0.05, 0) is 30.7 Å². The highest BCUT2D eigenvalue weighted by atomic mass is 19.1. The van der Waals surface area contributed by atoms with E-state index in [1.807, 2.05) is 13.0 Å². The Morgan fingerprint density at radius 3 is 2.89 bits per heavy atom. The van der Waals surface area contributed by atoms with Gasteiger partial charge >= 0.3 is 0 Å². The van der Waals surface area contributed by atoms with Crippen molar-refractivity contribution in [3.8, 4) is 5.75 Å². The van der Waals surface area contributed by atoms with E-state index in [2.05, 4.69) is 4.98 Å². The third kappa shape index (κ3) is 2.84. The summed E-state index contributed by atoms with van der Waals surface area (Å²) in [4.78, 5) is 4.08. The molecule has 94 valence electrons. The smallest absolute Gasteiger partial charge is 0.131 e. The van der Waals surface area contributed by atoms with E-state index in [0.29, 0.717) is 17.9 Å². The number of nitrogens with zero attached hydrogens (tertiary/aromatic N) is 1. The molecule has 0 radical (unpaired) electrons. The van der Waals surface area contributed by atoms with Crippen LogP contribution in [0.15, 0.2) is 36.7 Å². The zero-order chi connectivity index (χ0) is 13.0. The molecule has 2 N–H and O–H groups in total. The van der Waals surface area contributed by atoms with Crippen molar-refractivity contribution in [3.63, 3.8) is 0 Å². The summed E-state index contributed by atoms with van der Waals surface area (Å²) in [5.41, 5.74) is 7.92. The Morgan fingerprint density at radius 1 is 1.33 bits per heavy atom. The monoisotopic (exact) mass is 246 g/mol. The summed E-state index contributed by atoms with van der Waals surface area (Å²) in [7, 11) is 0. The van der Waals surface area contributed by atoms with E-state index >= 15 is 0 Å². The van der Waals surface area contributed by atoms with Crippen molar-refractivity contribution in [1.29, 1.82) is 0 Å². The third-order valence-electron chi connectivity index (χ3n) is 2.61. The van der Waals surface area contributed by atoms with E-state index in [1.54, 1.807) is 24.5 Å². The van der Waals surface area contributed by atoms with Gasteiger partial charge in [0.05, 0.1) is 0 Å². The van der Waals surface area contributed by atoms with Crippen molar-refractivity contribution >= 4 is 0 Å². The molecule has 0 saturated carbocycles. The first kappa shape index (κ1) is 12.5. The van der Waals surface area contributed by atoms with Crippen LogP contribution in [0.2, 0.25) is 0 Å². The normalized spacial score (nSPS) is 10.4. The Bertz CT molecular complexity index is 543. The quantitative estimate of drug-likeness (QED) is 0.902. The molecule has 0 saturated heterocycles. The van der Waals surface area contributed by atoms with E-state index in [0.717, 1.165) is 11.1 Å². The summed E-state index contributed by atoms with van der Waals surface area (Å²) < 4.78 is 19.1. The van der Waals surface area contributed by atoms with Crippen molar-refractivity contribution in [2.45, 2.75) is 20.1 Å². The summed E-state index contributed by atoms with van der Waals surface area (Å²) in [6.07, 6.45) is 3.51.